The molecule has 1 aliphatic heterocycles. The molecular formula is C21H27N5O3. The number of carbonyl (C=O) groups is 1. The van der Waals surface area contributed by atoms with Crippen LogP contribution < -0.4 is 21.3 Å². The van der Waals surface area contributed by atoms with E-state index in [4.69, 9.17) is 10.5 Å². The number of fused-ring (bicyclic) bond motifs is 1. The maximum atomic E-state index is 12.6. The fourth-order valence-corrected chi connectivity index (χ4v) is 2.90. The van der Waals surface area contributed by atoms with Crippen LogP contribution in [0.25, 0.3) is 5.57 Å². The summed E-state index contributed by atoms with van der Waals surface area (Å²) < 4.78 is 5.68. The number of allylic oxidation sites excluding steroid dienone is 1. The maximum absolute atomic E-state index is 12.6. The highest BCUT2D eigenvalue weighted by molar-refractivity contribution is 6.09. The molecule has 2 aromatic rings. The third-order valence-corrected chi connectivity index (χ3v) is 4.06. The zero-order valence-electron chi connectivity index (χ0n) is 17.4. The van der Waals surface area contributed by atoms with Crippen molar-refractivity contribution in [2.75, 3.05) is 12.4 Å². The molecule has 1 amide bonds. The first kappa shape index (κ1) is 21.9. The number of nitrogens with two attached hydrogens (primary N) is 1. The van der Waals surface area contributed by atoms with Gasteiger partial charge < -0.3 is 15.8 Å². The van der Waals surface area contributed by atoms with Gasteiger partial charge >= 0.3 is 0 Å². The molecule has 0 atom stereocenters. The molecular weight excluding hydrogens is 370 g/mol. The zero-order chi connectivity index (χ0) is 21.6. The lowest BCUT2D eigenvalue weighted by molar-refractivity contribution is 0.102. The summed E-state index contributed by atoms with van der Waals surface area (Å²) in [7, 11) is 1.63. The average molecular weight is 397 g/mol. The largest absolute Gasteiger partial charge is 0.472 e. The average Bonchev–Trinajstić information content (AvgIpc) is 2.99. The number of rotatable bonds is 4. The number of aliphatic imine (C=N–C) groups is 1. The standard InChI is InChI=1S/C19H21N5O3.C2H6/c1-19(2)8-11-7-13(17(26)24-18(11)27-19)16(25)23-15-6-4-5-14(22-15)12(9-20)10-21-3;1-2/h4-7,9-10H,8,20H2,1-3H3,(H,24,26)(H,22,23,25);1-2H3/b12-9+,21-10?;. The number of anilines is 1. The number of amides is 1. The summed E-state index contributed by atoms with van der Waals surface area (Å²) in [6.45, 7) is 7.84. The summed E-state index contributed by atoms with van der Waals surface area (Å²) in [6, 6.07) is 6.68. The zero-order valence-corrected chi connectivity index (χ0v) is 17.4. The van der Waals surface area contributed by atoms with E-state index in [-0.39, 0.29) is 5.56 Å². The van der Waals surface area contributed by atoms with Crippen LogP contribution in [0.4, 0.5) is 5.82 Å². The molecule has 0 saturated heterocycles. The molecule has 154 valence electrons. The van der Waals surface area contributed by atoms with Crippen LogP contribution in [0.15, 0.2) is 40.3 Å². The van der Waals surface area contributed by atoms with Gasteiger partial charge in [-0.2, -0.15) is 0 Å². The van der Waals surface area contributed by atoms with Crippen molar-refractivity contribution in [1.82, 2.24) is 9.97 Å². The number of aromatic amines is 1. The number of nitrogens with one attached hydrogen (secondary N) is 2. The summed E-state index contributed by atoms with van der Waals surface area (Å²) in [6.07, 6.45) is 3.56. The second kappa shape index (κ2) is 9.18. The van der Waals surface area contributed by atoms with E-state index < -0.39 is 17.1 Å². The number of ether oxygens (including phenoxy) is 1. The number of hydrogen-bond acceptors (Lipinski definition) is 6. The van der Waals surface area contributed by atoms with Crippen LogP contribution >= 0.6 is 0 Å². The van der Waals surface area contributed by atoms with Gasteiger partial charge in [0.25, 0.3) is 11.5 Å². The van der Waals surface area contributed by atoms with E-state index in [1.165, 1.54) is 6.20 Å². The van der Waals surface area contributed by atoms with Crippen LogP contribution in [0.1, 0.15) is 49.3 Å². The van der Waals surface area contributed by atoms with Crippen molar-refractivity contribution >= 4 is 23.5 Å². The van der Waals surface area contributed by atoms with Crippen molar-refractivity contribution in [2.45, 2.75) is 39.7 Å². The Morgan fingerprint density at radius 1 is 1.38 bits per heavy atom. The van der Waals surface area contributed by atoms with Crippen molar-refractivity contribution < 1.29 is 9.53 Å². The molecule has 8 heteroatoms. The van der Waals surface area contributed by atoms with Gasteiger partial charge in [0, 0.05) is 37.0 Å². The van der Waals surface area contributed by atoms with Gasteiger partial charge in [-0.1, -0.05) is 19.9 Å². The second-order valence-corrected chi connectivity index (χ2v) is 6.78. The highest BCUT2D eigenvalue weighted by Crippen LogP contribution is 2.32. The number of pyridine rings is 2. The van der Waals surface area contributed by atoms with E-state index in [0.717, 1.165) is 5.56 Å². The third-order valence-electron chi connectivity index (χ3n) is 4.06. The molecule has 8 nitrogen and oxygen atoms in total. The molecule has 0 saturated carbocycles. The predicted molar refractivity (Wildman–Crippen MR) is 116 cm³/mol. The molecule has 0 fully saturated rings. The molecule has 0 spiro atoms. The number of H-pyrrole nitrogens is 1. The van der Waals surface area contributed by atoms with Crippen molar-refractivity contribution in [1.29, 1.82) is 0 Å². The highest BCUT2D eigenvalue weighted by Gasteiger charge is 2.32. The van der Waals surface area contributed by atoms with E-state index in [9.17, 15) is 9.59 Å². The van der Waals surface area contributed by atoms with Gasteiger partial charge in [-0.15, -0.1) is 0 Å². The van der Waals surface area contributed by atoms with Gasteiger partial charge in [0.15, 0.2) is 5.88 Å². The SMILES string of the molecule is CC.CN=C/C(=C\N)c1cccc(NC(=O)c2cc3c([nH]c2=O)OC(C)(C)C3)n1. The molecule has 4 N–H and O–H groups in total. The van der Waals surface area contributed by atoms with Gasteiger partial charge in [-0.3, -0.25) is 19.6 Å². The monoisotopic (exact) mass is 397 g/mol. The van der Waals surface area contributed by atoms with E-state index >= 15 is 0 Å². The number of carbonyl (C=O) groups excluding carboxylic acids is 1. The Bertz CT molecular complexity index is 1010. The van der Waals surface area contributed by atoms with E-state index in [0.29, 0.717) is 29.4 Å². The summed E-state index contributed by atoms with van der Waals surface area (Å²) >= 11 is 0. The molecule has 3 rings (SSSR count). The molecule has 2 aromatic heterocycles. The van der Waals surface area contributed by atoms with Crippen LogP contribution in [0.2, 0.25) is 0 Å². The lowest BCUT2D eigenvalue weighted by Gasteiger charge is -2.16. The van der Waals surface area contributed by atoms with Gasteiger partial charge in [-0.05, 0) is 32.0 Å². The summed E-state index contributed by atoms with van der Waals surface area (Å²) in [5, 5.41) is 2.65. The van der Waals surface area contributed by atoms with Crippen LogP contribution in [-0.4, -0.2) is 34.7 Å². The minimum absolute atomic E-state index is 0.00645. The normalized spacial score (nSPS) is 14.6. The van der Waals surface area contributed by atoms with Crippen LogP contribution in [0, 0.1) is 0 Å². The molecule has 0 aromatic carbocycles. The van der Waals surface area contributed by atoms with Gasteiger partial charge in [0.1, 0.15) is 17.0 Å². The van der Waals surface area contributed by atoms with Crippen molar-refractivity contribution in [2.24, 2.45) is 10.7 Å². The smallest absolute Gasteiger partial charge is 0.263 e. The van der Waals surface area contributed by atoms with Crippen LogP contribution in [0.5, 0.6) is 5.88 Å². The Labute approximate surface area is 169 Å². The lowest BCUT2D eigenvalue weighted by Crippen LogP contribution is -2.25. The molecule has 29 heavy (non-hydrogen) atoms. The third kappa shape index (κ3) is 5.10. The molecule has 1 aliphatic rings. The number of nitrogens with zero attached hydrogens (tertiary/aromatic N) is 2. The van der Waals surface area contributed by atoms with Crippen LogP contribution in [0.3, 0.4) is 0 Å². The van der Waals surface area contributed by atoms with E-state index in [1.807, 2.05) is 27.7 Å². The van der Waals surface area contributed by atoms with Gasteiger partial charge in [0.05, 0.1) is 5.69 Å². The summed E-state index contributed by atoms with van der Waals surface area (Å²) in [5.41, 5.74) is 6.63. The molecule has 3 heterocycles. The second-order valence-electron chi connectivity index (χ2n) is 6.78. The minimum atomic E-state index is -0.546. The van der Waals surface area contributed by atoms with Crippen molar-refractivity contribution in [3.05, 3.63) is 57.6 Å². The van der Waals surface area contributed by atoms with Crippen molar-refractivity contribution in [3.8, 4) is 5.88 Å². The highest BCUT2D eigenvalue weighted by atomic mass is 16.5. The van der Waals surface area contributed by atoms with Crippen LogP contribution in [-0.2, 0) is 6.42 Å². The van der Waals surface area contributed by atoms with Gasteiger partial charge in [0.2, 0.25) is 0 Å². The minimum Gasteiger partial charge on any atom is -0.472 e. The Balaban J connectivity index is 0.00000145. The lowest BCUT2D eigenvalue weighted by atomic mass is 10.0. The fourth-order valence-electron chi connectivity index (χ4n) is 2.90. The molecule has 0 aliphatic carbocycles. The Kier molecular flexibility index (Phi) is 6.93. The van der Waals surface area contributed by atoms with E-state index in [2.05, 4.69) is 20.3 Å². The Morgan fingerprint density at radius 2 is 2.10 bits per heavy atom. The summed E-state index contributed by atoms with van der Waals surface area (Å²) in [4.78, 5) is 35.8. The van der Waals surface area contributed by atoms with Crippen molar-refractivity contribution in [3.63, 3.8) is 0 Å². The first-order valence-electron chi connectivity index (χ1n) is 9.41. The molecule has 0 radical (unpaired) electrons. The quantitative estimate of drug-likeness (QED) is 0.685. The fraction of sp³-hybridized carbons (Fsp3) is 0.333. The maximum Gasteiger partial charge on any atom is 0.263 e. The van der Waals surface area contributed by atoms with Gasteiger partial charge in [-0.25, -0.2) is 4.98 Å². The number of aromatic nitrogens is 2. The molecule has 0 unspecified atom stereocenters. The Hall–Kier alpha value is -3.42. The van der Waals surface area contributed by atoms with E-state index in [1.54, 1.807) is 37.5 Å². The number of hydrogen-bond donors (Lipinski definition) is 3. The summed E-state index contributed by atoms with van der Waals surface area (Å²) in [5.74, 6) is 0.173. The topological polar surface area (TPSA) is 122 Å². The Morgan fingerprint density at radius 3 is 2.76 bits per heavy atom. The first-order chi connectivity index (χ1) is 13.8. The predicted octanol–water partition coefficient (Wildman–Crippen LogP) is 2.76. The molecule has 0 bridgehead atoms. The first-order valence-corrected chi connectivity index (χ1v) is 9.41.